The van der Waals surface area contributed by atoms with Crippen LogP contribution in [0.25, 0.3) is 0 Å². The number of aliphatic hydroxyl groups excluding tert-OH is 2. The SMILES string of the molecule is O=CCC(O)C(=O)OC1COC2C(O)COC12. The molecule has 7 nitrogen and oxygen atoms in total. The van der Waals surface area contributed by atoms with Crippen molar-refractivity contribution in [3.63, 3.8) is 0 Å². The van der Waals surface area contributed by atoms with Crippen LogP contribution in [-0.2, 0) is 23.8 Å². The van der Waals surface area contributed by atoms with Gasteiger partial charge in [-0.2, -0.15) is 0 Å². The van der Waals surface area contributed by atoms with Crippen LogP contribution < -0.4 is 0 Å². The lowest BCUT2D eigenvalue weighted by Crippen LogP contribution is -2.37. The molecule has 2 saturated heterocycles. The van der Waals surface area contributed by atoms with Crippen molar-refractivity contribution in [3.8, 4) is 0 Å². The summed E-state index contributed by atoms with van der Waals surface area (Å²) in [5.41, 5.74) is 0. The third-order valence-corrected chi connectivity index (χ3v) is 2.84. The molecule has 2 aliphatic heterocycles. The first kappa shape index (κ1) is 12.4. The number of hydrogen-bond donors (Lipinski definition) is 2. The molecule has 0 bridgehead atoms. The van der Waals surface area contributed by atoms with E-state index < -0.39 is 36.5 Å². The fourth-order valence-electron chi connectivity index (χ4n) is 1.96. The Morgan fingerprint density at radius 2 is 2.12 bits per heavy atom. The lowest BCUT2D eigenvalue weighted by atomic mass is 10.1. The van der Waals surface area contributed by atoms with E-state index >= 15 is 0 Å². The van der Waals surface area contributed by atoms with E-state index in [1.807, 2.05) is 0 Å². The van der Waals surface area contributed by atoms with Gasteiger partial charge < -0.3 is 29.2 Å². The number of fused-ring (bicyclic) bond motifs is 1. The molecule has 17 heavy (non-hydrogen) atoms. The fraction of sp³-hybridized carbons (Fsp3) is 0.800. The van der Waals surface area contributed by atoms with Crippen LogP contribution in [0.2, 0.25) is 0 Å². The van der Waals surface area contributed by atoms with Gasteiger partial charge in [-0.1, -0.05) is 0 Å². The Kier molecular flexibility index (Phi) is 3.72. The van der Waals surface area contributed by atoms with Gasteiger partial charge in [0, 0.05) is 6.42 Å². The molecule has 0 aromatic heterocycles. The van der Waals surface area contributed by atoms with Gasteiger partial charge >= 0.3 is 5.97 Å². The van der Waals surface area contributed by atoms with Crippen molar-refractivity contribution in [2.24, 2.45) is 0 Å². The highest BCUT2D eigenvalue weighted by Gasteiger charge is 2.49. The minimum absolute atomic E-state index is 0.117. The molecule has 0 aromatic carbocycles. The Labute approximate surface area is 97.3 Å². The first-order valence-electron chi connectivity index (χ1n) is 5.37. The third-order valence-electron chi connectivity index (χ3n) is 2.84. The molecule has 2 aliphatic rings. The van der Waals surface area contributed by atoms with Gasteiger partial charge in [-0.3, -0.25) is 0 Å². The van der Waals surface area contributed by atoms with Crippen molar-refractivity contribution in [2.45, 2.75) is 36.9 Å². The standard InChI is InChI=1S/C10H14O7/c11-2-1-5(12)10(14)17-7-4-16-8-6(13)3-15-9(7)8/h2,5-9,12-13H,1,3-4H2. The second-order valence-corrected chi connectivity index (χ2v) is 4.06. The van der Waals surface area contributed by atoms with Crippen LogP contribution in [0.15, 0.2) is 0 Å². The average molecular weight is 246 g/mol. The molecule has 2 N–H and O–H groups in total. The zero-order valence-corrected chi connectivity index (χ0v) is 9.02. The lowest BCUT2D eigenvalue weighted by molar-refractivity contribution is -0.164. The number of aldehydes is 1. The van der Waals surface area contributed by atoms with Gasteiger partial charge in [0.25, 0.3) is 0 Å². The molecule has 0 aromatic rings. The number of esters is 1. The van der Waals surface area contributed by atoms with Crippen LogP contribution in [-0.4, -0.2) is 66.2 Å². The molecule has 2 fully saturated rings. The quantitative estimate of drug-likeness (QED) is 0.437. The number of rotatable bonds is 4. The molecule has 0 aliphatic carbocycles. The summed E-state index contributed by atoms with van der Waals surface area (Å²) >= 11 is 0. The van der Waals surface area contributed by atoms with Crippen molar-refractivity contribution < 1.29 is 34.0 Å². The minimum atomic E-state index is -1.46. The molecule has 96 valence electrons. The van der Waals surface area contributed by atoms with Crippen LogP contribution in [0.5, 0.6) is 0 Å². The largest absolute Gasteiger partial charge is 0.455 e. The highest BCUT2D eigenvalue weighted by atomic mass is 16.6. The summed E-state index contributed by atoms with van der Waals surface area (Å²) in [6.07, 6.45) is -3.68. The molecular formula is C10H14O7. The monoisotopic (exact) mass is 246 g/mol. The maximum absolute atomic E-state index is 11.4. The van der Waals surface area contributed by atoms with E-state index in [4.69, 9.17) is 14.2 Å². The van der Waals surface area contributed by atoms with Crippen molar-refractivity contribution in [1.29, 1.82) is 0 Å². The number of hydrogen-bond acceptors (Lipinski definition) is 7. The number of carbonyl (C=O) groups excluding carboxylic acids is 2. The second kappa shape index (κ2) is 5.09. The van der Waals surface area contributed by atoms with Crippen LogP contribution >= 0.6 is 0 Å². The molecule has 2 rings (SSSR count). The lowest BCUT2D eigenvalue weighted by Gasteiger charge is -2.17. The number of aliphatic hydroxyl groups is 2. The van der Waals surface area contributed by atoms with E-state index in [2.05, 4.69) is 0 Å². The summed E-state index contributed by atoms with van der Waals surface area (Å²) in [5, 5.41) is 18.7. The average Bonchev–Trinajstić information content (AvgIpc) is 2.84. The normalized spacial score (nSPS) is 37.5. The van der Waals surface area contributed by atoms with Gasteiger partial charge in [-0.25, -0.2) is 4.79 Å². The summed E-state index contributed by atoms with van der Waals surface area (Å²) in [6, 6.07) is 0. The Morgan fingerprint density at radius 1 is 1.41 bits per heavy atom. The molecule has 5 atom stereocenters. The van der Waals surface area contributed by atoms with Gasteiger partial charge in [0.15, 0.2) is 12.2 Å². The highest BCUT2D eigenvalue weighted by molar-refractivity contribution is 5.77. The van der Waals surface area contributed by atoms with Crippen LogP contribution in [0.4, 0.5) is 0 Å². The van der Waals surface area contributed by atoms with Crippen LogP contribution in [0.1, 0.15) is 6.42 Å². The predicted molar refractivity (Wildman–Crippen MR) is 52.1 cm³/mol. The summed E-state index contributed by atoms with van der Waals surface area (Å²) < 4.78 is 15.5. The highest BCUT2D eigenvalue weighted by Crippen LogP contribution is 2.28. The van der Waals surface area contributed by atoms with Crippen molar-refractivity contribution >= 4 is 12.3 Å². The van der Waals surface area contributed by atoms with Crippen LogP contribution in [0.3, 0.4) is 0 Å². The Morgan fingerprint density at radius 3 is 2.82 bits per heavy atom. The molecule has 0 amide bonds. The summed E-state index contributed by atoms with van der Waals surface area (Å²) in [5.74, 6) is -0.878. The van der Waals surface area contributed by atoms with Crippen molar-refractivity contribution in [3.05, 3.63) is 0 Å². The predicted octanol–water partition coefficient (Wildman–Crippen LogP) is -1.99. The topological polar surface area (TPSA) is 102 Å². The summed E-state index contributed by atoms with van der Waals surface area (Å²) in [4.78, 5) is 21.5. The molecule has 0 saturated carbocycles. The number of ether oxygens (including phenoxy) is 3. The Hall–Kier alpha value is -1.02. The molecule has 0 spiro atoms. The van der Waals surface area contributed by atoms with Gasteiger partial charge in [0.2, 0.25) is 0 Å². The van der Waals surface area contributed by atoms with Gasteiger partial charge in [-0.05, 0) is 0 Å². The molecule has 2 heterocycles. The van der Waals surface area contributed by atoms with E-state index in [1.54, 1.807) is 0 Å². The zero-order chi connectivity index (χ0) is 12.4. The van der Waals surface area contributed by atoms with Crippen molar-refractivity contribution in [1.82, 2.24) is 0 Å². The third kappa shape index (κ3) is 2.47. The minimum Gasteiger partial charge on any atom is -0.455 e. The second-order valence-electron chi connectivity index (χ2n) is 4.06. The maximum atomic E-state index is 11.4. The Balaban J connectivity index is 1.88. The first-order valence-corrected chi connectivity index (χ1v) is 5.37. The number of carbonyl (C=O) groups is 2. The molecule has 7 heteroatoms. The fourth-order valence-corrected chi connectivity index (χ4v) is 1.96. The van der Waals surface area contributed by atoms with E-state index in [0.29, 0.717) is 6.29 Å². The molecule has 0 radical (unpaired) electrons. The van der Waals surface area contributed by atoms with E-state index in [9.17, 15) is 19.8 Å². The molecule has 5 unspecified atom stereocenters. The summed E-state index contributed by atoms with van der Waals surface area (Å²) in [6.45, 7) is 0.256. The smallest absolute Gasteiger partial charge is 0.335 e. The van der Waals surface area contributed by atoms with E-state index in [0.717, 1.165) is 0 Å². The van der Waals surface area contributed by atoms with Crippen molar-refractivity contribution in [2.75, 3.05) is 13.2 Å². The van der Waals surface area contributed by atoms with Gasteiger partial charge in [-0.15, -0.1) is 0 Å². The van der Waals surface area contributed by atoms with E-state index in [-0.39, 0.29) is 19.6 Å². The molecular weight excluding hydrogens is 232 g/mol. The Bertz CT molecular complexity index is 305. The van der Waals surface area contributed by atoms with E-state index in [1.165, 1.54) is 0 Å². The van der Waals surface area contributed by atoms with Crippen LogP contribution in [0, 0.1) is 0 Å². The van der Waals surface area contributed by atoms with Gasteiger partial charge in [0.05, 0.1) is 13.2 Å². The summed E-state index contributed by atoms with van der Waals surface area (Å²) in [7, 11) is 0. The van der Waals surface area contributed by atoms with Gasteiger partial charge in [0.1, 0.15) is 24.6 Å². The first-order chi connectivity index (χ1) is 8.13. The maximum Gasteiger partial charge on any atom is 0.335 e. The zero-order valence-electron chi connectivity index (χ0n) is 9.02.